The van der Waals surface area contributed by atoms with Crippen LogP contribution in [0.3, 0.4) is 0 Å². The number of carboxylic acid groups (broad SMARTS) is 1. The van der Waals surface area contributed by atoms with Gasteiger partial charge in [0.1, 0.15) is 6.04 Å². The van der Waals surface area contributed by atoms with Gasteiger partial charge in [0.2, 0.25) is 5.91 Å². The Morgan fingerprint density at radius 2 is 1.85 bits per heavy atom. The third-order valence-corrected chi connectivity index (χ3v) is 4.88. The Bertz CT molecular complexity index is 1080. The van der Waals surface area contributed by atoms with Crippen LogP contribution in [0.4, 0.5) is 0 Å². The van der Waals surface area contributed by atoms with E-state index in [0.717, 1.165) is 11.1 Å². The molecule has 1 unspecified atom stereocenters. The van der Waals surface area contributed by atoms with Crippen LogP contribution in [-0.2, 0) is 29.1 Å². The Kier molecular flexibility index (Phi) is 4.23. The summed E-state index contributed by atoms with van der Waals surface area (Å²) in [5, 5.41) is 13.7. The molecule has 8 nitrogen and oxygen atoms in total. The van der Waals surface area contributed by atoms with Crippen molar-refractivity contribution in [3.63, 3.8) is 0 Å². The fourth-order valence-electron chi connectivity index (χ4n) is 3.46. The summed E-state index contributed by atoms with van der Waals surface area (Å²) in [6.45, 7) is 0.357. The van der Waals surface area contributed by atoms with E-state index in [2.05, 4.69) is 5.10 Å². The minimum atomic E-state index is -1.03. The number of carbonyl (C=O) groups excluding carboxylic acids is 1. The van der Waals surface area contributed by atoms with Crippen LogP contribution in [0.15, 0.2) is 53.5 Å². The average molecular weight is 366 g/mol. The molecule has 3 aromatic rings. The maximum absolute atomic E-state index is 12.7. The van der Waals surface area contributed by atoms with Gasteiger partial charge in [0, 0.05) is 25.6 Å². The Morgan fingerprint density at radius 1 is 1.11 bits per heavy atom. The first-order valence-electron chi connectivity index (χ1n) is 8.68. The number of aryl methyl sites for hydroxylation is 1. The molecule has 1 aliphatic heterocycles. The molecule has 0 saturated heterocycles. The lowest BCUT2D eigenvalue weighted by atomic mass is 9.93. The number of fused-ring (bicyclic) bond motifs is 2. The molecule has 0 bridgehead atoms. The van der Waals surface area contributed by atoms with Crippen molar-refractivity contribution >= 4 is 17.5 Å². The largest absolute Gasteiger partial charge is 0.480 e. The van der Waals surface area contributed by atoms with Gasteiger partial charge in [-0.3, -0.25) is 9.20 Å². The Morgan fingerprint density at radius 3 is 2.59 bits per heavy atom. The number of aromatic nitrogens is 3. The number of benzene rings is 1. The van der Waals surface area contributed by atoms with Gasteiger partial charge in [0.15, 0.2) is 5.65 Å². The SMILES string of the molecule is O=C(O)C1Cc2ccccc2CN1C(=O)CCn1nc2ccccn2c1=O. The topological polar surface area (TPSA) is 96.9 Å². The summed E-state index contributed by atoms with van der Waals surface area (Å²) in [5.41, 5.74) is 2.08. The third kappa shape index (κ3) is 3.10. The van der Waals surface area contributed by atoms with E-state index >= 15 is 0 Å². The van der Waals surface area contributed by atoms with Gasteiger partial charge < -0.3 is 10.0 Å². The van der Waals surface area contributed by atoms with E-state index in [9.17, 15) is 19.5 Å². The van der Waals surface area contributed by atoms with Crippen LogP contribution in [0.2, 0.25) is 0 Å². The third-order valence-electron chi connectivity index (χ3n) is 4.88. The van der Waals surface area contributed by atoms with E-state index in [1.807, 2.05) is 24.3 Å². The molecule has 1 aliphatic rings. The molecule has 1 amide bonds. The van der Waals surface area contributed by atoms with Crippen LogP contribution in [0.1, 0.15) is 17.5 Å². The number of carbonyl (C=O) groups is 2. The highest BCUT2D eigenvalue weighted by Crippen LogP contribution is 2.24. The summed E-state index contributed by atoms with van der Waals surface area (Å²) >= 11 is 0. The first-order chi connectivity index (χ1) is 13.0. The van der Waals surface area contributed by atoms with E-state index in [1.54, 1.807) is 24.4 Å². The maximum atomic E-state index is 12.7. The van der Waals surface area contributed by atoms with Crippen LogP contribution in [-0.4, -0.2) is 42.1 Å². The van der Waals surface area contributed by atoms with Gasteiger partial charge in [-0.2, -0.15) is 0 Å². The Labute approximate surface area is 154 Å². The smallest absolute Gasteiger partial charge is 0.350 e. The maximum Gasteiger partial charge on any atom is 0.350 e. The molecule has 4 rings (SSSR count). The number of nitrogens with zero attached hydrogens (tertiary/aromatic N) is 4. The molecule has 3 heterocycles. The highest BCUT2D eigenvalue weighted by molar-refractivity contribution is 5.84. The van der Waals surface area contributed by atoms with Gasteiger partial charge in [0.25, 0.3) is 0 Å². The number of rotatable bonds is 4. The molecule has 8 heteroatoms. The fourth-order valence-corrected chi connectivity index (χ4v) is 3.46. The summed E-state index contributed by atoms with van der Waals surface area (Å²) in [4.78, 5) is 38.1. The van der Waals surface area contributed by atoms with Crippen molar-refractivity contribution in [3.8, 4) is 0 Å². The monoisotopic (exact) mass is 366 g/mol. The van der Waals surface area contributed by atoms with Crippen molar-refractivity contribution in [2.24, 2.45) is 0 Å². The zero-order valence-corrected chi connectivity index (χ0v) is 14.5. The van der Waals surface area contributed by atoms with E-state index in [4.69, 9.17) is 0 Å². The van der Waals surface area contributed by atoms with Crippen molar-refractivity contribution in [1.29, 1.82) is 0 Å². The average Bonchev–Trinajstić information content (AvgIpc) is 3.01. The lowest BCUT2D eigenvalue weighted by molar-refractivity contribution is -0.151. The van der Waals surface area contributed by atoms with Gasteiger partial charge >= 0.3 is 11.7 Å². The molecular weight excluding hydrogens is 348 g/mol. The Balaban J connectivity index is 1.53. The lowest BCUT2D eigenvalue weighted by Gasteiger charge is -2.34. The first kappa shape index (κ1) is 17.0. The molecule has 0 radical (unpaired) electrons. The van der Waals surface area contributed by atoms with E-state index in [1.165, 1.54) is 14.0 Å². The fraction of sp³-hybridized carbons (Fsp3) is 0.263. The molecule has 0 aliphatic carbocycles. The predicted molar refractivity (Wildman–Crippen MR) is 96.2 cm³/mol. The molecule has 1 N–H and O–H groups in total. The van der Waals surface area contributed by atoms with Crippen molar-refractivity contribution < 1.29 is 14.7 Å². The summed E-state index contributed by atoms with van der Waals surface area (Å²) < 4.78 is 2.64. The molecular formula is C19H18N4O4. The number of amides is 1. The summed E-state index contributed by atoms with van der Waals surface area (Å²) in [6.07, 6.45) is 1.91. The molecule has 2 aromatic heterocycles. The summed E-state index contributed by atoms with van der Waals surface area (Å²) in [6, 6.07) is 11.9. The molecule has 27 heavy (non-hydrogen) atoms. The van der Waals surface area contributed by atoms with E-state index in [0.29, 0.717) is 5.65 Å². The Hall–Kier alpha value is -3.42. The molecule has 0 spiro atoms. The lowest BCUT2D eigenvalue weighted by Crippen LogP contribution is -2.48. The minimum absolute atomic E-state index is 0.00966. The van der Waals surface area contributed by atoms with Gasteiger partial charge in [-0.15, -0.1) is 5.10 Å². The van der Waals surface area contributed by atoms with Crippen molar-refractivity contribution in [1.82, 2.24) is 19.1 Å². The van der Waals surface area contributed by atoms with Gasteiger partial charge in [-0.25, -0.2) is 14.3 Å². The number of pyridine rings is 1. The molecule has 138 valence electrons. The number of hydrogen-bond donors (Lipinski definition) is 1. The highest BCUT2D eigenvalue weighted by Gasteiger charge is 2.34. The quantitative estimate of drug-likeness (QED) is 0.741. The molecule has 1 aromatic carbocycles. The van der Waals surface area contributed by atoms with Crippen LogP contribution >= 0.6 is 0 Å². The standard InChI is InChI=1S/C19H18N4O4/c24-17(8-10-23-19(27)21-9-4-3-7-16(21)20-23)22-12-14-6-2-1-5-13(14)11-15(22)18(25)26/h1-7,9,15H,8,10-12H2,(H,25,26). The first-order valence-corrected chi connectivity index (χ1v) is 8.68. The highest BCUT2D eigenvalue weighted by atomic mass is 16.4. The van der Waals surface area contributed by atoms with E-state index in [-0.39, 0.29) is 37.5 Å². The second-order valence-corrected chi connectivity index (χ2v) is 6.53. The van der Waals surface area contributed by atoms with Gasteiger partial charge in [-0.1, -0.05) is 30.3 Å². The summed E-state index contributed by atoms with van der Waals surface area (Å²) in [7, 11) is 0. The van der Waals surface area contributed by atoms with Gasteiger partial charge in [-0.05, 0) is 23.3 Å². The predicted octanol–water partition coefficient (Wildman–Crippen LogP) is 0.924. The normalized spacial score (nSPS) is 16.3. The van der Waals surface area contributed by atoms with Gasteiger partial charge in [0.05, 0.1) is 6.54 Å². The van der Waals surface area contributed by atoms with Crippen molar-refractivity contribution in [3.05, 3.63) is 70.3 Å². The summed E-state index contributed by atoms with van der Waals surface area (Å²) in [5.74, 6) is -1.33. The minimum Gasteiger partial charge on any atom is -0.480 e. The number of hydrogen-bond acceptors (Lipinski definition) is 4. The van der Waals surface area contributed by atoms with Crippen molar-refractivity contribution in [2.75, 3.05) is 0 Å². The molecule has 0 saturated carbocycles. The van der Waals surface area contributed by atoms with Crippen LogP contribution in [0.25, 0.3) is 5.65 Å². The zero-order chi connectivity index (χ0) is 19.0. The second-order valence-electron chi connectivity index (χ2n) is 6.53. The molecule has 1 atom stereocenters. The zero-order valence-electron chi connectivity index (χ0n) is 14.5. The number of carboxylic acids is 1. The van der Waals surface area contributed by atoms with Crippen LogP contribution < -0.4 is 5.69 Å². The second kappa shape index (κ2) is 6.71. The van der Waals surface area contributed by atoms with Crippen molar-refractivity contribution in [2.45, 2.75) is 32.0 Å². The number of aliphatic carboxylic acids is 1. The van der Waals surface area contributed by atoms with Crippen LogP contribution in [0.5, 0.6) is 0 Å². The molecule has 0 fully saturated rings. The van der Waals surface area contributed by atoms with E-state index < -0.39 is 12.0 Å². The van der Waals surface area contributed by atoms with Crippen LogP contribution in [0, 0.1) is 0 Å².